The Kier molecular flexibility index (Phi) is 3.71. The van der Waals surface area contributed by atoms with Crippen LogP contribution in [0.4, 0.5) is 5.69 Å². The number of aromatic nitrogens is 2. The number of nitrogens with one attached hydrogen (secondary N) is 2. The van der Waals surface area contributed by atoms with Gasteiger partial charge in [0.2, 0.25) is 5.91 Å². The molecule has 0 spiro atoms. The molecule has 18 heavy (non-hydrogen) atoms. The summed E-state index contributed by atoms with van der Waals surface area (Å²) in [6.45, 7) is 9.04. The van der Waals surface area contributed by atoms with Gasteiger partial charge in [-0.3, -0.25) is 9.48 Å². The van der Waals surface area contributed by atoms with Gasteiger partial charge in [0.1, 0.15) is 0 Å². The number of hydrogen-bond donors (Lipinski definition) is 2. The van der Waals surface area contributed by atoms with E-state index in [1.54, 1.807) is 0 Å². The molecule has 1 aromatic rings. The van der Waals surface area contributed by atoms with Gasteiger partial charge in [-0.2, -0.15) is 5.10 Å². The minimum atomic E-state index is -0.0498. The first-order chi connectivity index (χ1) is 8.50. The van der Waals surface area contributed by atoms with E-state index in [0.29, 0.717) is 6.04 Å². The third-order valence-corrected chi connectivity index (χ3v) is 3.44. The lowest BCUT2D eigenvalue weighted by Crippen LogP contribution is -2.35. The Bertz CT molecular complexity index is 444. The van der Waals surface area contributed by atoms with Gasteiger partial charge >= 0.3 is 0 Å². The van der Waals surface area contributed by atoms with Crippen LogP contribution in [-0.2, 0) is 4.79 Å². The van der Waals surface area contributed by atoms with Gasteiger partial charge in [0.15, 0.2) is 0 Å². The average molecular weight is 250 g/mol. The van der Waals surface area contributed by atoms with Crippen LogP contribution in [0, 0.1) is 13.8 Å². The van der Waals surface area contributed by atoms with Crippen LogP contribution in [0.5, 0.6) is 0 Å². The molecule has 0 bridgehead atoms. The number of hydrogen-bond acceptors (Lipinski definition) is 3. The molecule has 2 N–H and O–H groups in total. The van der Waals surface area contributed by atoms with Crippen molar-refractivity contribution in [3.05, 3.63) is 11.4 Å². The summed E-state index contributed by atoms with van der Waals surface area (Å²) in [5, 5.41) is 10.7. The summed E-state index contributed by atoms with van der Waals surface area (Å²) in [5.74, 6) is 0.0574. The van der Waals surface area contributed by atoms with Crippen LogP contribution < -0.4 is 10.6 Å². The molecule has 0 saturated carbocycles. The minimum absolute atomic E-state index is 0.0498. The quantitative estimate of drug-likeness (QED) is 0.859. The van der Waals surface area contributed by atoms with Crippen molar-refractivity contribution in [1.29, 1.82) is 0 Å². The highest BCUT2D eigenvalue weighted by Crippen LogP contribution is 2.23. The largest absolute Gasteiger partial charge is 0.322 e. The molecule has 0 radical (unpaired) electrons. The zero-order chi connectivity index (χ0) is 13.3. The second-order valence-corrected chi connectivity index (χ2v) is 5.22. The highest BCUT2D eigenvalue weighted by Gasteiger charge is 2.24. The molecule has 1 aliphatic heterocycles. The Hall–Kier alpha value is -1.36. The Morgan fingerprint density at radius 2 is 2.22 bits per heavy atom. The summed E-state index contributed by atoms with van der Waals surface area (Å²) >= 11 is 0. The van der Waals surface area contributed by atoms with Gasteiger partial charge < -0.3 is 10.6 Å². The predicted molar refractivity (Wildman–Crippen MR) is 71.7 cm³/mol. The van der Waals surface area contributed by atoms with Crippen LogP contribution in [0.1, 0.15) is 44.1 Å². The van der Waals surface area contributed by atoms with Gasteiger partial charge in [-0.15, -0.1) is 0 Å². The maximum absolute atomic E-state index is 12.1. The van der Waals surface area contributed by atoms with Gasteiger partial charge in [-0.25, -0.2) is 0 Å². The van der Waals surface area contributed by atoms with E-state index in [1.165, 1.54) is 0 Å². The Morgan fingerprint density at radius 1 is 1.50 bits per heavy atom. The fourth-order valence-corrected chi connectivity index (χ4v) is 2.47. The van der Waals surface area contributed by atoms with Crippen molar-refractivity contribution in [3.8, 4) is 0 Å². The van der Waals surface area contributed by atoms with Crippen LogP contribution >= 0.6 is 0 Å². The molecule has 5 nitrogen and oxygen atoms in total. The first-order valence-electron chi connectivity index (χ1n) is 6.60. The van der Waals surface area contributed by atoms with Crippen molar-refractivity contribution < 1.29 is 4.79 Å². The van der Waals surface area contributed by atoms with Gasteiger partial charge in [0.25, 0.3) is 0 Å². The molecule has 1 atom stereocenters. The highest BCUT2D eigenvalue weighted by molar-refractivity contribution is 5.96. The summed E-state index contributed by atoms with van der Waals surface area (Å²) in [7, 11) is 0. The van der Waals surface area contributed by atoms with Gasteiger partial charge in [-0.1, -0.05) is 0 Å². The second-order valence-electron chi connectivity index (χ2n) is 5.22. The predicted octanol–water partition coefficient (Wildman–Crippen LogP) is 1.77. The van der Waals surface area contributed by atoms with Crippen molar-refractivity contribution in [1.82, 2.24) is 15.1 Å². The first kappa shape index (κ1) is 13.1. The van der Waals surface area contributed by atoms with Crippen molar-refractivity contribution in [2.24, 2.45) is 0 Å². The first-order valence-corrected chi connectivity index (χ1v) is 6.60. The van der Waals surface area contributed by atoms with Crippen LogP contribution in [0.2, 0.25) is 0 Å². The SMILES string of the molecule is Cc1nn(C(C)C)c(C)c1NC(=O)[C@H]1CCCN1. The number of carbonyl (C=O) groups is 1. The third-order valence-electron chi connectivity index (χ3n) is 3.44. The maximum Gasteiger partial charge on any atom is 0.241 e. The van der Waals surface area contributed by atoms with Gasteiger partial charge in [0, 0.05) is 6.04 Å². The minimum Gasteiger partial charge on any atom is -0.322 e. The molecule has 2 heterocycles. The van der Waals surface area contributed by atoms with E-state index in [0.717, 1.165) is 36.5 Å². The molecule has 100 valence electrons. The van der Waals surface area contributed by atoms with Gasteiger partial charge in [0.05, 0.1) is 23.1 Å². The molecule has 1 saturated heterocycles. The maximum atomic E-state index is 12.1. The standard InChI is InChI=1S/C13H22N4O/c1-8(2)17-10(4)12(9(3)16-17)15-13(18)11-6-5-7-14-11/h8,11,14H,5-7H2,1-4H3,(H,15,18)/t11-/m1/s1. The Balaban J connectivity index is 2.16. The zero-order valence-corrected chi connectivity index (χ0v) is 11.6. The van der Waals surface area contributed by atoms with Crippen molar-refractivity contribution in [2.75, 3.05) is 11.9 Å². The number of anilines is 1. The molecule has 1 fully saturated rings. The third kappa shape index (κ3) is 2.41. The van der Waals surface area contributed by atoms with E-state index in [4.69, 9.17) is 0 Å². The molecule has 1 aliphatic rings. The summed E-state index contributed by atoms with van der Waals surface area (Å²) < 4.78 is 1.95. The van der Waals surface area contributed by atoms with E-state index < -0.39 is 0 Å². The average Bonchev–Trinajstić information content (AvgIpc) is 2.92. The summed E-state index contributed by atoms with van der Waals surface area (Å²) in [4.78, 5) is 12.1. The van der Waals surface area contributed by atoms with E-state index in [2.05, 4.69) is 29.6 Å². The molecule has 0 aromatic carbocycles. The normalized spacial score (nSPS) is 19.5. The van der Waals surface area contributed by atoms with Crippen molar-refractivity contribution >= 4 is 11.6 Å². The number of rotatable bonds is 3. The summed E-state index contributed by atoms with van der Waals surface area (Å²) in [6, 6.07) is 0.255. The lowest BCUT2D eigenvalue weighted by Gasteiger charge is -2.12. The molecule has 2 rings (SSSR count). The van der Waals surface area contributed by atoms with Crippen LogP contribution in [0.15, 0.2) is 0 Å². The molecular formula is C13H22N4O. The van der Waals surface area contributed by atoms with E-state index in [1.807, 2.05) is 18.5 Å². The van der Waals surface area contributed by atoms with Crippen LogP contribution in [0.3, 0.4) is 0 Å². The van der Waals surface area contributed by atoms with E-state index >= 15 is 0 Å². The summed E-state index contributed by atoms with van der Waals surface area (Å²) in [6.07, 6.45) is 1.99. The molecule has 0 aliphatic carbocycles. The van der Waals surface area contributed by atoms with Gasteiger partial charge in [-0.05, 0) is 47.1 Å². The number of amides is 1. The molecular weight excluding hydrogens is 228 g/mol. The monoisotopic (exact) mass is 250 g/mol. The molecule has 0 unspecified atom stereocenters. The van der Waals surface area contributed by atoms with Crippen molar-refractivity contribution in [2.45, 2.75) is 52.6 Å². The lowest BCUT2D eigenvalue weighted by molar-refractivity contribution is -0.117. The van der Waals surface area contributed by atoms with Crippen LogP contribution in [-0.4, -0.2) is 28.3 Å². The molecule has 1 aromatic heterocycles. The molecule has 5 heteroatoms. The second kappa shape index (κ2) is 5.10. The lowest BCUT2D eigenvalue weighted by atomic mass is 10.2. The highest BCUT2D eigenvalue weighted by atomic mass is 16.2. The number of carbonyl (C=O) groups excluding carboxylic acids is 1. The zero-order valence-electron chi connectivity index (χ0n) is 11.6. The molecule has 1 amide bonds. The topological polar surface area (TPSA) is 59.0 Å². The summed E-state index contributed by atoms with van der Waals surface area (Å²) in [5.41, 5.74) is 2.77. The smallest absolute Gasteiger partial charge is 0.241 e. The Labute approximate surface area is 108 Å². The van der Waals surface area contributed by atoms with Crippen LogP contribution in [0.25, 0.3) is 0 Å². The number of aryl methyl sites for hydroxylation is 1. The number of nitrogens with zero attached hydrogens (tertiary/aromatic N) is 2. The van der Waals surface area contributed by atoms with Crippen molar-refractivity contribution in [3.63, 3.8) is 0 Å². The van der Waals surface area contributed by atoms with E-state index in [-0.39, 0.29) is 11.9 Å². The fraction of sp³-hybridized carbons (Fsp3) is 0.692. The fourth-order valence-electron chi connectivity index (χ4n) is 2.47. The Morgan fingerprint density at radius 3 is 2.72 bits per heavy atom. The van der Waals surface area contributed by atoms with E-state index in [9.17, 15) is 4.79 Å².